The van der Waals surface area contributed by atoms with Gasteiger partial charge in [-0.25, -0.2) is 22.0 Å². The van der Waals surface area contributed by atoms with Gasteiger partial charge in [0, 0.05) is 11.1 Å². The van der Waals surface area contributed by atoms with Crippen molar-refractivity contribution in [3.05, 3.63) is 111 Å². The van der Waals surface area contributed by atoms with Crippen LogP contribution in [0, 0.1) is 34.9 Å². The predicted molar refractivity (Wildman–Crippen MR) is 153 cm³/mol. The normalized spacial score (nSPS) is 19.0. The fourth-order valence-corrected chi connectivity index (χ4v) is 6.28. The number of hydrogen-bond donors (Lipinski definition) is 0. The maximum Gasteiger partial charge on any atom is 0.201 e. The van der Waals surface area contributed by atoms with Crippen molar-refractivity contribution in [2.24, 2.45) is 0 Å². The summed E-state index contributed by atoms with van der Waals surface area (Å²) in [6, 6.07) is 9.36. The standard InChI is InChI=1S/C35H34F6O/c1-3-5-24-14-15-25(31(37)30(24)36)20-6-8-21(9-7-20)26-16-17-27(33(39)32(26)38)22-10-12-23(13-11-22)28-18-19-29(42-4-2)35(41)34(28)40/h6,12,14-19,21-22H,3-5,7-11,13H2,1-2H3. The van der Waals surface area contributed by atoms with Crippen molar-refractivity contribution in [1.82, 2.24) is 0 Å². The molecule has 1 nitrogen and oxygen atoms in total. The molecule has 0 spiro atoms. The average molecular weight is 585 g/mol. The largest absolute Gasteiger partial charge is 0.491 e. The zero-order chi connectivity index (χ0) is 30.0. The minimum atomic E-state index is -1.03. The van der Waals surface area contributed by atoms with E-state index in [0.717, 1.165) is 0 Å². The Labute approximate surface area is 242 Å². The molecule has 0 bridgehead atoms. The zero-order valence-electron chi connectivity index (χ0n) is 23.8. The van der Waals surface area contributed by atoms with Crippen molar-refractivity contribution in [1.29, 1.82) is 0 Å². The molecule has 3 aromatic rings. The van der Waals surface area contributed by atoms with E-state index in [1.807, 2.05) is 6.92 Å². The summed E-state index contributed by atoms with van der Waals surface area (Å²) in [5.74, 6) is -6.16. The number of aryl methyl sites for hydroxylation is 1. The smallest absolute Gasteiger partial charge is 0.201 e. The molecule has 3 aromatic carbocycles. The Morgan fingerprint density at radius 3 is 1.62 bits per heavy atom. The molecule has 5 rings (SSSR count). The molecule has 0 radical (unpaired) electrons. The highest BCUT2D eigenvalue weighted by Gasteiger charge is 2.28. The second kappa shape index (κ2) is 12.8. The number of halogens is 6. The Hall–Kier alpha value is -3.48. The number of allylic oxidation sites excluding steroid dienone is 4. The van der Waals surface area contributed by atoms with E-state index in [2.05, 4.69) is 0 Å². The maximum absolute atomic E-state index is 15.4. The van der Waals surface area contributed by atoms with Crippen LogP contribution in [0.1, 0.15) is 98.4 Å². The van der Waals surface area contributed by atoms with Gasteiger partial charge in [-0.1, -0.05) is 49.8 Å². The third kappa shape index (κ3) is 5.75. The lowest BCUT2D eigenvalue weighted by Gasteiger charge is -2.26. The highest BCUT2D eigenvalue weighted by Crippen LogP contribution is 2.42. The second-order valence-electron chi connectivity index (χ2n) is 11.1. The average Bonchev–Trinajstić information content (AvgIpc) is 3.00. The van der Waals surface area contributed by atoms with Crippen molar-refractivity contribution >= 4 is 11.1 Å². The Balaban J connectivity index is 1.30. The summed E-state index contributed by atoms with van der Waals surface area (Å²) >= 11 is 0. The van der Waals surface area contributed by atoms with Crippen molar-refractivity contribution in [2.75, 3.05) is 6.61 Å². The predicted octanol–water partition coefficient (Wildman–Crippen LogP) is 10.6. The summed E-state index contributed by atoms with van der Waals surface area (Å²) in [6.45, 7) is 3.81. The Morgan fingerprint density at radius 2 is 1.14 bits per heavy atom. The van der Waals surface area contributed by atoms with E-state index >= 15 is 8.78 Å². The molecule has 0 N–H and O–H groups in total. The van der Waals surface area contributed by atoms with Gasteiger partial charge in [-0.2, -0.15) is 4.39 Å². The lowest BCUT2D eigenvalue weighted by molar-refractivity contribution is 0.314. The first kappa shape index (κ1) is 30.0. The molecule has 2 aliphatic carbocycles. The molecule has 0 aromatic heterocycles. The van der Waals surface area contributed by atoms with Crippen LogP contribution in [-0.4, -0.2) is 6.61 Å². The van der Waals surface area contributed by atoms with Crippen LogP contribution in [0.25, 0.3) is 11.1 Å². The van der Waals surface area contributed by atoms with Crippen LogP contribution in [0.15, 0.2) is 48.6 Å². The third-order valence-corrected chi connectivity index (χ3v) is 8.56. The van der Waals surface area contributed by atoms with E-state index in [0.29, 0.717) is 68.1 Å². The van der Waals surface area contributed by atoms with Gasteiger partial charge in [-0.15, -0.1) is 0 Å². The summed E-state index contributed by atoms with van der Waals surface area (Å²) < 4.78 is 94.1. The molecule has 2 unspecified atom stereocenters. The lowest BCUT2D eigenvalue weighted by Crippen LogP contribution is -2.12. The van der Waals surface area contributed by atoms with Gasteiger partial charge in [0.1, 0.15) is 0 Å². The van der Waals surface area contributed by atoms with Crippen LogP contribution in [0.3, 0.4) is 0 Å². The van der Waals surface area contributed by atoms with E-state index in [1.165, 1.54) is 12.1 Å². The van der Waals surface area contributed by atoms with Crippen molar-refractivity contribution in [2.45, 2.75) is 77.0 Å². The minimum Gasteiger partial charge on any atom is -0.491 e. The van der Waals surface area contributed by atoms with Crippen molar-refractivity contribution < 1.29 is 31.1 Å². The van der Waals surface area contributed by atoms with E-state index < -0.39 is 34.9 Å². The third-order valence-electron chi connectivity index (χ3n) is 8.56. The zero-order valence-corrected chi connectivity index (χ0v) is 23.8. The number of hydrogen-bond acceptors (Lipinski definition) is 1. The lowest BCUT2D eigenvalue weighted by atomic mass is 9.79. The van der Waals surface area contributed by atoms with Gasteiger partial charge >= 0.3 is 0 Å². The van der Waals surface area contributed by atoms with E-state index in [9.17, 15) is 17.6 Å². The molecular weight excluding hydrogens is 550 g/mol. The summed E-state index contributed by atoms with van der Waals surface area (Å²) in [7, 11) is 0. The molecular formula is C35H34F6O. The Bertz CT molecular complexity index is 1420. The van der Waals surface area contributed by atoms with Crippen LogP contribution in [0.4, 0.5) is 26.3 Å². The van der Waals surface area contributed by atoms with Crippen LogP contribution in [0.2, 0.25) is 0 Å². The van der Waals surface area contributed by atoms with Crippen LogP contribution in [0.5, 0.6) is 5.75 Å². The van der Waals surface area contributed by atoms with E-state index in [4.69, 9.17) is 4.74 Å². The number of benzene rings is 3. The second-order valence-corrected chi connectivity index (χ2v) is 11.1. The van der Waals surface area contributed by atoms with Crippen molar-refractivity contribution in [3.63, 3.8) is 0 Å². The van der Waals surface area contributed by atoms with E-state index in [1.54, 1.807) is 43.3 Å². The molecule has 42 heavy (non-hydrogen) atoms. The van der Waals surface area contributed by atoms with E-state index in [-0.39, 0.29) is 46.4 Å². The monoisotopic (exact) mass is 584 g/mol. The van der Waals surface area contributed by atoms with Crippen LogP contribution < -0.4 is 4.74 Å². The van der Waals surface area contributed by atoms with Crippen LogP contribution >= 0.6 is 0 Å². The molecule has 0 saturated carbocycles. The van der Waals surface area contributed by atoms with Gasteiger partial charge in [0.15, 0.2) is 34.8 Å². The topological polar surface area (TPSA) is 9.23 Å². The van der Waals surface area contributed by atoms with Gasteiger partial charge in [0.05, 0.1) is 6.61 Å². The Morgan fingerprint density at radius 1 is 0.619 bits per heavy atom. The fourth-order valence-electron chi connectivity index (χ4n) is 6.28. The number of rotatable bonds is 8. The quantitative estimate of drug-likeness (QED) is 0.239. The molecule has 0 fully saturated rings. The highest BCUT2D eigenvalue weighted by molar-refractivity contribution is 5.69. The molecule has 0 aliphatic heterocycles. The first-order valence-corrected chi connectivity index (χ1v) is 14.7. The molecule has 0 heterocycles. The summed E-state index contributed by atoms with van der Waals surface area (Å²) in [5.41, 5.74) is 2.58. The first-order valence-electron chi connectivity index (χ1n) is 14.7. The SMILES string of the molecule is CCCc1ccc(C2=CCC(c3ccc(C4CC=C(c5ccc(OCC)c(F)c5F)CC4)c(F)c3F)CC2)c(F)c1F. The maximum atomic E-state index is 15.4. The van der Waals surface area contributed by atoms with Gasteiger partial charge in [0.2, 0.25) is 5.82 Å². The summed E-state index contributed by atoms with van der Waals surface area (Å²) in [4.78, 5) is 0. The van der Waals surface area contributed by atoms with Gasteiger partial charge in [-0.3, -0.25) is 0 Å². The first-order chi connectivity index (χ1) is 20.2. The molecule has 0 amide bonds. The van der Waals surface area contributed by atoms with Gasteiger partial charge in [-0.05, 0) is 104 Å². The van der Waals surface area contributed by atoms with Crippen LogP contribution in [-0.2, 0) is 6.42 Å². The molecule has 222 valence electrons. The minimum absolute atomic E-state index is 0.141. The molecule has 7 heteroatoms. The molecule has 0 saturated heterocycles. The van der Waals surface area contributed by atoms with Gasteiger partial charge < -0.3 is 4.74 Å². The summed E-state index contributed by atoms with van der Waals surface area (Å²) in [6.07, 6.45) is 7.27. The Kier molecular flexibility index (Phi) is 9.14. The molecule has 2 aliphatic rings. The molecule has 2 atom stereocenters. The fraction of sp³-hybridized carbons (Fsp3) is 0.371. The van der Waals surface area contributed by atoms with Gasteiger partial charge in [0.25, 0.3) is 0 Å². The number of ether oxygens (including phenoxy) is 1. The highest BCUT2D eigenvalue weighted by atomic mass is 19.2. The summed E-state index contributed by atoms with van der Waals surface area (Å²) in [5, 5.41) is 0. The van der Waals surface area contributed by atoms with Crippen molar-refractivity contribution in [3.8, 4) is 5.75 Å².